The molecule has 0 heterocycles. The van der Waals surface area contributed by atoms with E-state index in [0.29, 0.717) is 0 Å². The molecule has 322 valence electrons. The predicted octanol–water partition coefficient (Wildman–Crippen LogP) is -2.42. The van der Waals surface area contributed by atoms with Crippen LogP contribution in [-0.2, 0) is 9.59 Å². The van der Waals surface area contributed by atoms with Crippen LogP contribution in [0, 0.1) is 21.4 Å². The first-order valence-corrected chi connectivity index (χ1v) is 22.6. The average Bonchev–Trinajstić information content (AvgIpc) is 3.19. The van der Waals surface area contributed by atoms with Gasteiger partial charge in [0.05, 0.1) is 98.8 Å². The van der Waals surface area contributed by atoms with Crippen LogP contribution in [0.4, 0.5) is 11.4 Å². The molecule has 2 aromatic rings. The maximum atomic E-state index is 13.6. The molecule has 0 spiro atoms. The summed E-state index contributed by atoms with van der Waals surface area (Å²) in [6.45, 7) is -4.36. The topological polar surface area (TPSA) is 357 Å². The summed E-state index contributed by atoms with van der Waals surface area (Å²) in [6, 6.07) is 0. The smallest absolute Gasteiger partial charge is 0.263 e. The molecule has 27 heteroatoms. The summed E-state index contributed by atoms with van der Waals surface area (Å²) in [4.78, 5) is 80.5. The Balaban J connectivity index is 2.65. The zero-order chi connectivity index (χ0) is 44.2. The monoisotopic (exact) mass is 1490 g/mol. The lowest BCUT2D eigenvalue weighted by molar-refractivity contribution is -0.134. The molecular formula is C31H36I6N6O15. The third-order valence-corrected chi connectivity index (χ3v) is 13.8. The molecule has 0 saturated heterocycles. The minimum Gasteiger partial charge on any atom is -0.394 e. The third-order valence-electron chi connectivity index (χ3n) is 7.37. The Morgan fingerprint density at radius 3 is 0.793 bits per heavy atom. The summed E-state index contributed by atoms with van der Waals surface area (Å²) < 4.78 is 0.159. The Labute approximate surface area is 410 Å². The van der Waals surface area contributed by atoms with Crippen molar-refractivity contribution in [2.24, 2.45) is 0 Å². The van der Waals surface area contributed by atoms with Gasteiger partial charge in [0, 0.05) is 33.3 Å². The van der Waals surface area contributed by atoms with Crippen molar-refractivity contribution in [1.29, 1.82) is 0 Å². The maximum absolute atomic E-state index is 13.6. The number of nitrogens with one attached hydrogen (secondary N) is 6. The first-order chi connectivity index (χ1) is 27.2. The fourth-order valence-corrected chi connectivity index (χ4v) is 13.1. The molecule has 2 aromatic carbocycles. The standard InChI is InChI=1S/C31H36I6N6O15/c32-17-13(26(53)38-1-9(48)5-44)19(34)23(20(35)14(17)27(54)39-2-10(49)6-45)42-30(57)25(52)31(58)43-24-21(36)15(28(55)40-3-11(50)7-46)18(33)16(22(24)37)29(56)41-4-12(51)8-47/h9-12,25,44-52H,1-8H2,(H,38,53)(H,39,54)(H,40,55)(H,41,56)(H,42,57)(H,43,58). The van der Waals surface area contributed by atoms with Gasteiger partial charge in [0.25, 0.3) is 35.4 Å². The summed E-state index contributed by atoms with van der Waals surface area (Å²) in [6.07, 6.45) is -7.89. The zero-order valence-electron chi connectivity index (χ0n) is 29.3. The van der Waals surface area contributed by atoms with Crippen LogP contribution in [0.3, 0.4) is 0 Å². The fraction of sp³-hybridized carbons (Fsp3) is 0.419. The molecule has 4 atom stereocenters. The van der Waals surface area contributed by atoms with Crippen LogP contribution in [0.1, 0.15) is 41.4 Å². The van der Waals surface area contributed by atoms with E-state index in [-0.39, 0.29) is 55.0 Å². The van der Waals surface area contributed by atoms with Gasteiger partial charge in [0.15, 0.2) is 0 Å². The van der Waals surface area contributed by atoms with Gasteiger partial charge in [-0.25, -0.2) is 0 Å². The molecule has 0 aromatic heterocycles. The molecule has 58 heavy (non-hydrogen) atoms. The molecule has 0 bridgehead atoms. The number of rotatable bonds is 20. The van der Waals surface area contributed by atoms with Gasteiger partial charge in [-0.05, 0) is 136 Å². The van der Waals surface area contributed by atoms with Gasteiger partial charge in [-0.3, -0.25) is 28.8 Å². The highest BCUT2D eigenvalue weighted by molar-refractivity contribution is 14.1. The maximum Gasteiger partial charge on any atom is 0.263 e. The second kappa shape index (κ2) is 25.4. The molecule has 0 radical (unpaired) electrons. The zero-order valence-corrected chi connectivity index (χ0v) is 42.2. The number of aliphatic hydroxyl groups is 9. The second-order valence-electron chi connectivity index (χ2n) is 11.7. The van der Waals surface area contributed by atoms with E-state index in [9.17, 15) is 74.7 Å². The van der Waals surface area contributed by atoms with Gasteiger partial charge in [0.2, 0.25) is 6.10 Å². The van der Waals surface area contributed by atoms with Crippen LogP contribution in [0.15, 0.2) is 0 Å². The van der Waals surface area contributed by atoms with Crippen LogP contribution in [-0.4, -0.2) is 165 Å². The van der Waals surface area contributed by atoms with E-state index >= 15 is 0 Å². The summed E-state index contributed by atoms with van der Waals surface area (Å²) >= 11 is 10.1. The first-order valence-electron chi connectivity index (χ1n) is 16.2. The molecule has 6 amide bonds. The number of halogens is 6. The van der Waals surface area contributed by atoms with E-state index in [4.69, 9.17) is 0 Å². The largest absolute Gasteiger partial charge is 0.394 e. The first kappa shape index (κ1) is 53.4. The van der Waals surface area contributed by atoms with Crippen LogP contribution in [0.5, 0.6) is 0 Å². The molecule has 0 fully saturated rings. The van der Waals surface area contributed by atoms with Crippen LogP contribution in [0.25, 0.3) is 0 Å². The predicted molar refractivity (Wildman–Crippen MR) is 254 cm³/mol. The van der Waals surface area contributed by atoms with Crippen molar-refractivity contribution < 1.29 is 74.7 Å². The van der Waals surface area contributed by atoms with Crippen molar-refractivity contribution in [3.63, 3.8) is 0 Å². The summed E-state index contributed by atoms with van der Waals surface area (Å²) in [5.41, 5.74) is -1.19. The highest BCUT2D eigenvalue weighted by Crippen LogP contribution is 2.37. The summed E-state index contributed by atoms with van der Waals surface area (Å²) in [5.74, 6) is -6.15. The van der Waals surface area contributed by atoms with E-state index < -0.39 is 119 Å². The molecule has 0 aliphatic rings. The van der Waals surface area contributed by atoms with Crippen molar-refractivity contribution in [2.45, 2.75) is 30.5 Å². The van der Waals surface area contributed by atoms with Crippen LogP contribution < -0.4 is 31.9 Å². The fourth-order valence-electron chi connectivity index (χ4n) is 4.30. The normalized spacial score (nSPS) is 13.7. The Morgan fingerprint density at radius 1 is 0.397 bits per heavy atom. The minimum atomic E-state index is -2.53. The number of aliphatic hydroxyl groups excluding tert-OH is 9. The van der Waals surface area contributed by atoms with Crippen molar-refractivity contribution in [2.75, 3.05) is 63.2 Å². The van der Waals surface area contributed by atoms with Crippen LogP contribution >= 0.6 is 136 Å². The average molecular weight is 1490 g/mol. The van der Waals surface area contributed by atoms with Crippen molar-refractivity contribution in [3.8, 4) is 0 Å². The molecule has 21 nitrogen and oxygen atoms in total. The van der Waals surface area contributed by atoms with Crippen LogP contribution in [0.2, 0.25) is 0 Å². The Kier molecular flexibility index (Phi) is 23.4. The van der Waals surface area contributed by atoms with E-state index in [0.717, 1.165) is 0 Å². The van der Waals surface area contributed by atoms with E-state index in [2.05, 4.69) is 31.9 Å². The van der Waals surface area contributed by atoms with Gasteiger partial charge in [-0.2, -0.15) is 0 Å². The summed E-state index contributed by atoms with van der Waals surface area (Å²) in [7, 11) is 0. The lowest BCUT2D eigenvalue weighted by atomic mass is 10.1. The molecule has 0 aliphatic heterocycles. The number of benzene rings is 2. The molecule has 4 unspecified atom stereocenters. The number of anilines is 2. The number of hydrogen-bond donors (Lipinski definition) is 15. The van der Waals surface area contributed by atoms with Crippen molar-refractivity contribution in [3.05, 3.63) is 43.7 Å². The third kappa shape index (κ3) is 14.2. The van der Waals surface area contributed by atoms with Crippen molar-refractivity contribution in [1.82, 2.24) is 21.3 Å². The summed E-state index contributed by atoms with van der Waals surface area (Å²) in [5, 5.41) is 101. The lowest BCUT2D eigenvalue weighted by Gasteiger charge is -2.22. The lowest BCUT2D eigenvalue weighted by Crippen LogP contribution is -2.41. The molecule has 15 N–H and O–H groups in total. The number of carbonyl (C=O) groups is 6. The Bertz CT molecular complexity index is 1660. The van der Waals surface area contributed by atoms with Gasteiger partial charge in [-0.1, -0.05) is 0 Å². The highest BCUT2D eigenvalue weighted by atomic mass is 127. The Morgan fingerprint density at radius 2 is 0.603 bits per heavy atom. The van der Waals surface area contributed by atoms with Crippen molar-refractivity contribution >= 4 is 182 Å². The van der Waals surface area contributed by atoms with E-state index in [1.807, 2.05) is 0 Å². The number of amides is 6. The highest BCUT2D eigenvalue weighted by Gasteiger charge is 2.34. The van der Waals surface area contributed by atoms with Gasteiger partial charge < -0.3 is 77.9 Å². The number of hydrogen-bond acceptors (Lipinski definition) is 15. The second-order valence-corrected chi connectivity index (χ2v) is 18.2. The minimum absolute atomic E-state index is 0.0148. The van der Waals surface area contributed by atoms with Gasteiger partial charge >= 0.3 is 0 Å². The van der Waals surface area contributed by atoms with E-state index in [1.165, 1.54) is 0 Å². The van der Waals surface area contributed by atoms with Gasteiger partial charge in [-0.15, -0.1) is 0 Å². The van der Waals surface area contributed by atoms with Gasteiger partial charge in [0.1, 0.15) is 0 Å². The molecule has 2 rings (SSSR count). The quantitative estimate of drug-likeness (QED) is 0.0485. The molecular weight excluding hydrogens is 1460 g/mol. The molecule has 0 aliphatic carbocycles. The molecule has 0 saturated carbocycles. The Hall–Kier alpha value is -0.720. The number of carbonyl (C=O) groups excluding carboxylic acids is 6. The van der Waals surface area contributed by atoms with E-state index in [1.54, 1.807) is 136 Å². The SMILES string of the molecule is O=C(NCC(O)CO)c1c(I)c(NC(=O)C(O)C(=O)Nc2c(I)c(C(=O)NCC(O)CO)c(I)c(C(=O)NCC(O)CO)c2I)c(I)c(C(=O)NCC(O)CO)c1I.